The van der Waals surface area contributed by atoms with Crippen LogP contribution in [-0.4, -0.2) is 81.7 Å². The molecule has 2 amide bonds. The second kappa shape index (κ2) is 9.75. The van der Waals surface area contributed by atoms with E-state index in [1.807, 2.05) is 0 Å². The van der Waals surface area contributed by atoms with Crippen molar-refractivity contribution < 1.29 is 27.9 Å². The van der Waals surface area contributed by atoms with Gasteiger partial charge in [0.15, 0.2) is 0 Å². The van der Waals surface area contributed by atoms with E-state index in [0.717, 1.165) is 18.2 Å². The molecule has 4 atom stereocenters. The van der Waals surface area contributed by atoms with Crippen molar-refractivity contribution in [2.45, 2.75) is 32.2 Å². The van der Waals surface area contributed by atoms with Crippen LogP contribution >= 0.6 is 0 Å². The molecule has 1 aromatic carbocycles. The number of nitrogens with one attached hydrogen (secondary N) is 2. The molecule has 8 nitrogen and oxygen atoms in total. The molecule has 4 unspecified atom stereocenters. The molecule has 2 aliphatic heterocycles. The molecule has 4 rings (SSSR count). The zero-order valence-corrected chi connectivity index (χ0v) is 19.0. The number of aromatic amines is 1. The van der Waals surface area contributed by atoms with Crippen LogP contribution in [0, 0.1) is 23.5 Å². The minimum Gasteiger partial charge on any atom is -0.384 e. The van der Waals surface area contributed by atoms with Crippen LogP contribution in [0.5, 0.6) is 0 Å². The number of H-pyrrole nitrogens is 1. The van der Waals surface area contributed by atoms with Crippen molar-refractivity contribution in [2.24, 2.45) is 11.8 Å². The third-order valence-corrected chi connectivity index (χ3v) is 6.56. The van der Waals surface area contributed by atoms with Crippen molar-refractivity contribution in [1.82, 2.24) is 25.1 Å². The van der Waals surface area contributed by atoms with E-state index >= 15 is 0 Å². The molecule has 2 saturated heterocycles. The van der Waals surface area contributed by atoms with Gasteiger partial charge in [-0.2, -0.15) is 0 Å². The Balaban J connectivity index is 1.71. The summed E-state index contributed by atoms with van der Waals surface area (Å²) in [6.07, 6.45) is -1.15. The number of imidazole rings is 1. The highest BCUT2D eigenvalue weighted by Crippen LogP contribution is 2.36. The summed E-state index contributed by atoms with van der Waals surface area (Å²) in [5.41, 5.74) is 0.198. The third-order valence-electron chi connectivity index (χ3n) is 6.56. The maximum Gasteiger partial charge on any atom is 0.251 e. The lowest BCUT2D eigenvalue weighted by molar-refractivity contribution is -0.148. The standard InChI is InChI=1S/C23H28F3N5O3/c1-12(32)23(34)31(11-14-6-27-7-19(14)26)21(15-9-30(10-15)13(2)33)22-28-8-20(29-22)17-5-16(24)3-4-18(17)25/h3-5,8,12,14-15,19,21,27,32H,6-7,9-11H2,1-2H3,(H,28,29). The lowest BCUT2D eigenvalue weighted by Crippen LogP contribution is -2.57. The first kappa shape index (κ1) is 24.2. The van der Waals surface area contributed by atoms with Gasteiger partial charge in [-0.1, -0.05) is 0 Å². The Morgan fingerprint density at radius 1 is 1.29 bits per heavy atom. The zero-order valence-electron chi connectivity index (χ0n) is 19.0. The minimum atomic E-state index is -1.34. The van der Waals surface area contributed by atoms with Gasteiger partial charge in [0, 0.05) is 57.0 Å². The Labute approximate surface area is 195 Å². The number of carbonyl (C=O) groups excluding carboxylic acids is 2. The Bertz CT molecular complexity index is 1060. The first-order valence-electron chi connectivity index (χ1n) is 11.2. The molecular formula is C23H28F3N5O3. The third kappa shape index (κ3) is 4.80. The molecule has 0 aliphatic carbocycles. The summed E-state index contributed by atoms with van der Waals surface area (Å²) in [4.78, 5) is 35.2. The van der Waals surface area contributed by atoms with Gasteiger partial charge in [-0.05, 0) is 25.1 Å². The van der Waals surface area contributed by atoms with Crippen molar-refractivity contribution in [3.8, 4) is 11.3 Å². The maximum absolute atomic E-state index is 14.4. The summed E-state index contributed by atoms with van der Waals surface area (Å²) in [7, 11) is 0. The molecular weight excluding hydrogens is 451 g/mol. The van der Waals surface area contributed by atoms with E-state index in [0.29, 0.717) is 25.5 Å². The van der Waals surface area contributed by atoms with Crippen molar-refractivity contribution in [1.29, 1.82) is 0 Å². The highest BCUT2D eigenvalue weighted by Gasteiger charge is 2.44. The largest absolute Gasteiger partial charge is 0.384 e. The summed E-state index contributed by atoms with van der Waals surface area (Å²) in [6, 6.07) is 2.34. The van der Waals surface area contributed by atoms with Gasteiger partial charge in [0.2, 0.25) is 5.91 Å². The van der Waals surface area contributed by atoms with Crippen LogP contribution in [0.25, 0.3) is 11.3 Å². The fourth-order valence-electron chi connectivity index (χ4n) is 4.64. The van der Waals surface area contributed by atoms with Crippen LogP contribution < -0.4 is 5.32 Å². The number of alkyl halides is 1. The second-order valence-corrected chi connectivity index (χ2v) is 9.04. The second-order valence-electron chi connectivity index (χ2n) is 9.04. The van der Waals surface area contributed by atoms with E-state index < -0.39 is 41.8 Å². The van der Waals surface area contributed by atoms with Crippen LogP contribution in [0.1, 0.15) is 25.7 Å². The molecule has 11 heteroatoms. The predicted molar refractivity (Wildman–Crippen MR) is 117 cm³/mol. The number of aliphatic hydroxyl groups is 1. The average molecular weight is 480 g/mol. The van der Waals surface area contributed by atoms with Crippen LogP contribution in [-0.2, 0) is 9.59 Å². The van der Waals surface area contributed by atoms with E-state index in [-0.39, 0.29) is 36.2 Å². The smallest absolute Gasteiger partial charge is 0.251 e. The molecule has 0 radical (unpaired) electrons. The van der Waals surface area contributed by atoms with Crippen LogP contribution in [0.3, 0.4) is 0 Å². The number of benzene rings is 1. The number of carbonyl (C=O) groups is 2. The van der Waals surface area contributed by atoms with Crippen molar-refractivity contribution in [3.05, 3.63) is 41.9 Å². The van der Waals surface area contributed by atoms with Gasteiger partial charge >= 0.3 is 0 Å². The van der Waals surface area contributed by atoms with E-state index in [1.165, 1.54) is 24.9 Å². The lowest BCUT2D eigenvalue weighted by atomic mass is 9.88. The molecule has 0 saturated carbocycles. The maximum atomic E-state index is 14.4. The molecule has 184 valence electrons. The number of aromatic nitrogens is 2. The Morgan fingerprint density at radius 3 is 2.65 bits per heavy atom. The zero-order chi connectivity index (χ0) is 24.6. The van der Waals surface area contributed by atoms with Gasteiger partial charge in [0.05, 0.1) is 17.9 Å². The topological polar surface area (TPSA) is 102 Å². The normalized spacial score (nSPS) is 22.4. The molecule has 2 aliphatic rings. The van der Waals surface area contributed by atoms with Gasteiger partial charge in [-0.3, -0.25) is 9.59 Å². The summed E-state index contributed by atoms with van der Waals surface area (Å²) in [6.45, 7) is 4.05. The molecule has 34 heavy (non-hydrogen) atoms. The monoisotopic (exact) mass is 479 g/mol. The van der Waals surface area contributed by atoms with E-state index in [2.05, 4.69) is 15.3 Å². The fourth-order valence-corrected chi connectivity index (χ4v) is 4.64. The molecule has 0 bridgehead atoms. The average Bonchev–Trinajstić information content (AvgIpc) is 3.39. The Hall–Kier alpha value is -2.92. The van der Waals surface area contributed by atoms with Crippen LogP contribution in [0.15, 0.2) is 24.4 Å². The van der Waals surface area contributed by atoms with Gasteiger partial charge in [0.1, 0.15) is 29.7 Å². The molecule has 0 spiro atoms. The van der Waals surface area contributed by atoms with E-state index in [1.54, 1.807) is 4.90 Å². The van der Waals surface area contributed by atoms with Gasteiger partial charge in [0.25, 0.3) is 5.91 Å². The van der Waals surface area contributed by atoms with Crippen LogP contribution in [0.2, 0.25) is 0 Å². The van der Waals surface area contributed by atoms with Crippen molar-refractivity contribution in [3.63, 3.8) is 0 Å². The number of rotatable bonds is 7. The van der Waals surface area contributed by atoms with E-state index in [4.69, 9.17) is 0 Å². The number of hydrogen-bond acceptors (Lipinski definition) is 5. The molecule has 1 aromatic heterocycles. The van der Waals surface area contributed by atoms with Gasteiger partial charge in [-0.25, -0.2) is 18.2 Å². The molecule has 3 heterocycles. The quantitative estimate of drug-likeness (QED) is 0.561. The highest BCUT2D eigenvalue weighted by atomic mass is 19.1. The van der Waals surface area contributed by atoms with Crippen molar-refractivity contribution in [2.75, 3.05) is 32.7 Å². The Kier molecular flexibility index (Phi) is 6.94. The first-order chi connectivity index (χ1) is 16.2. The molecule has 2 aromatic rings. The number of aliphatic hydroxyl groups excluding tert-OH is 1. The number of hydrogen-bond donors (Lipinski definition) is 3. The number of amides is 2. The summed E-state index contributed by atoms with van der Waals surface area (Å²) >= 11 is 0. The summed E-state index contributed by atoms with van der Waals surface area (Å²) in [5.74, 6) is -2.40. The summed E-state index contributed by atoms with van der Waals surface area (Å²) < 4.78 is 42.5. The SMILES string of the molecule is CC(=O)N1CC(C(c2ncc(-c3cc(F)ccc3F)[nH]2)N(CC2CNCC2F)C(=O)C(C)O)C1. The molecule has 2 fully saturated rings. The van der Waals surface area contributed by atoms with Gasteiger partial charge in [-0.15, -0.1) is 0 Å². The number of halogens is 3. The summed E-state index contributed by atoms with van der Waals surface area (Å²) in [5, 5.41) is 13.1. The van der Waals surface area contributed by atoms with E-state index in [9.17, 15) is 27.9 Å². The molecule has 3 N–H and O–H groups in total. The van der Waals surface area contributed by atoms with Crippen molar-refractivity contribution >= 4 is 11.8 Å². The highest BCUT2D eigenvalue weighted by molar-refractivity contribution is 5.81. The number of likely N-dealkylation sites (tertiary alicyclic amines) is 1. The first-order valence-corrected chi connectivity index (χ1v) is 11.2. The lowest BCUT2D eigenvalue weighted by Gasteiger charge is -2.46. The Morgan fingerprint density at radius 2 is 2.03 bits per heavy atom. The minimum absolute atomic E-state index is 0.0197. The fraction of sp³-hybridized carbons (Fsp3) is 0.522. The predicted octanol–water partition coefficient (Wildman–Crippen LogP) is 1.64. The number of nitrogens with zero attached hydrogens (tertiary/aromatic N) is 3. The van der Waals surface area contributed by atoms with Gasteiger partial charge < -0.3 is 25.2 Å². The van der Waals surface area contributed by atoms with Crippen LogP contribution in [0.4, 0.5) is 13.2 Å².